The number of rotatable bonds is 6. The van der Waals surface area contributed by atoms with Gasteiger partial charge >= 0.3 is 6.09 Å². The van der Waals surface area contributed by atoms with Crippen LogP contribution in [0.3, 0.4) is 0 Å². The molecule has 2 aromatic carbocycles. The van der Waals surface area contributed by atoms with Crippen molar-refractivity contribution in [1.82, 2.24) is 35.3 Å². The van der Waals surface area contributed by atoms with Gasteiger partial charge in [0.25, 0.3) is 11.7 Å². The molecule has 1 aliphatic heterocycles. The van der Waals surface area contributed by atoms with Crippen molar-refractivity contribution in [2.45, 2.75) is 46.1 Å². The maximum atomic E-state index is 12.8. The van der Waals surface area contributed by atoms with Gasteiger partial charge in [-0.25, -0.2) is 14.8 Å². The summed E-state index contributed by atoms with van der Waals surface area (Å²) in [5.74, 6) is 0.0347. The lowest BCUT2D eigenvalue weighted by atomic mass is 9.97. The van der Waals surface area contributed by atoms with Crippen LogP contribution in [0.1, 0.15) is 61.4 Å². The molecule has 5 aromatic rings. The van der Waals surface area contributed by atoms with E-state index in [1.807, 2.05) is 46.8 Å². The van der Waals surface area contributed by atoms with Crippen molar-refractivity contribution >= 4 is 28.7 Å². The number of aryl methyl sites for hydroxylation is 1. The number of hydrogen-bond donors (Lipinski definition) is 3. The molecule has 12 heteroatoms. The number of fused-ring (bicyclic) bond motifs is 1. The monoisotopic (exact) mass is 608 g/mol. The fourth-order valence-electron chi connectivity index (χ4n) is 5.60. The predicted octanol–water partition coefficient (Wildman–Crippen LogP) is 5.57. The van der Waals surface area contributed by atoms with Crippen LogP contribution < -0.4 is 10.2 Å². The standard InChI is InChI=1S/C33H36N8O4/c1-19-16-22(8-11-24(19)20(2)36-30(42)29-38-31(45-39-29)33(3,4)5)27-25-17-26(37-28(25)35-18-34-27)21-6-9-23(10-7-21)40-12-14-41(15-13-40)32(43)44/h6-11,16-18,20H,12-15H2,1-5H3,(H,36,42)(H,43,44)(H,34,35,37)/t20-/m1/s1. The predicted molar refractivity (Wildman–Crippen MR) is 170 cm³/mol. The topological polar surface area (TPSA) is 153 Å². The van der Waals surface area contributed by atoms with E-state index in [2.05, 4.69) is 71.7 Å². The molecule has 1 fully saturated rings. The van der Waals surface area contributed by atoms with Crippen LogP contribution >= 0.6 is 0 Å². The zero-order valence-corrected chi connectivity index (χ0v) is 26.0. The smallest absolute Gasteiger partial charge is 0.407 e. The Hall–Kier alpha value is -5.26. The van der Waals surface area contributed by atoms with E-state index in [-0.39, 0.29) is 17.3 Å². The molecule has 1 atom stereocenters. The average molecular weight is 609 g/mol. The van der Waals surface area contributed by atoms with Gasteiger partial charge in [-0.2, -0.15) is 4.98 Å². The first-order valence-electron chi connectivity index (χ1n) is 14.9. The Morgan fingerprint density at radius 3 is 2.36 bits per heavy atom. The second kappa shape index (κ2) is 11.7. The minimum absolute atomic E-state index is 0.0147. The van der Waals surface area contributed by atoms with Crippen LogP contribution in [0, 0.1) is 6.92 Å². The number of aromatic amines is 1. The number of anilines is 1. The third-order valence-electron chi connectivity index (χ3n) is 8.15. The summed E-state index contributed by atoms with van der Waals surface area (Å²) in [6, 6.07) is 16.1. The van der Waals surface area contributed by atoms with Gasteiger partial charge in [-0.05, 0) is 54.8 Å². The Kier molecular flexibility index (Phi) is 7.73. The van der Waals surface area contributed by atoms with Crippen molar-refractivity contribution in [3.05, 3.63) is 77.7 Å². The van der Waals surface area contributed by atoms with Crippen molar-refractivity contribution < 1.29 is 19.2 Å². The number of nitrogens with zero attached hydrogens (tertiary/aromatic N) is 6. The molecule has 3 aromatic heterocycles. The molecule has 0 bridgehead atoms. The van der Waals surface area contributed by atoms with E-state index in [0.717, 1.165) is 50.4 Å². The molecule has 0 unspecified atom stereocenters. The lowest BCUT2D eigenvalue weighted by Gasteiger charge is -2.34. The second-order valence-electron chi connectivity index (χ2n) is 12.4. The van der Waals surface area contributed by atoms with E-state index in [9.17, 15) is 14.7 Å². The van der Waals surface area contributed by atoms with E-state index < -0.39 is 12.0 Å². The molecular weight excluding hydrogens is 572 g/mol. The number of carbonyl (C=O) groups is 2. The van der Waals surface area contributed by atoms with Crippen LogP contribution in [0.15, 0.2) is 59.4 Å². The molecule has 3 N–H and O–H groups in total. The molecule has 4 heterocycles. The third-order valence-corrected chi connectivity index (χ3v) is 8.15. The first-order chi connectivity index (χ1) is 21.5. The normalized spacial score (nSPS) is 14.5. The van der Waals surface area contributed by atoms with Crippen LogP contribution in [-0.4, -0.2) is 73.3 Å². The molecule has 1 saturated heterocycles. The molecule has 0 saturated carbocycles. The van der Waals surface area contributed by atoms with Gasteiger partial charge < -0.3 is 29.7 Å². The van der Waals surface area contributed by atoms with E-state index >= 15 is 0 Å². The average Bonchev–Trinajstić information content (AvgIpc) is 3.70. The van der Waals surface area contributed by atoms with Gasteiger partial charge in [0, 0.05) is 53.9 Å². The highest BCUT2D eigenvalue weighted by atomic mass is 16.5. The van der Waals surface area contributed by atoms with Gasteiger partial charge in [0.15, 0.2) is 0 Å². The van der Waals surface area contributed by atoms with E-state index in [1.165, 1.54) is 4.90 Å². The lowest BCUT2D eigenvalue weighted by Crippen LogP contribution is -2.48. The first kappa shape index (κ1) is 29.8. The van der Waals surface area contributed by atoms with Gasteiger partial charge in [0.1, 0.15) is 12.0 Å². The summed E-state index contributed by atoms with van der Waals surface area (Å²) in [6.45, 7) is 12.1. The molecule has 2 amide bonds. The summed E-state index contributed by atoms with van der Waals surface area (Å²) in [7, 11) is 0. The molecule has 45 heavy (non-hydrogen) atoms. The van der Waals surface area contributed by atoms with Gasteiger partial charge in [0.05, 0.1) is 11.7 Å². The number of nitrogens with one attached hydrogen (secondary N) is 2. The van der Waals surface area contributed by atoms with Crippen molar-refractivity contribution in [3.63, 3.8) is 0 Å². The van der Waals surface area contributed by atoms with Crippen LogP contribution in [0.4, 0.5) is 10.5 Å². The Bertz CT molecular complexity index is 1860. The molecule has 0 radical (unpaired) electrons. The maximum absolute atomic E-state index is 12.8. The van der Waals surface area contributed by atoms with Gasteiger partial charge in [-0.3, -0.25) is 4.79 Å². The van der Waals surface area contributed by atoms with Crippen molar-refractivity contribution in [2.75, 3.05) is 31.1 Å². The molecule has 0 aliphatic carbocycles. The molecule has 0 spiro atoms. The maximum Gasteiger partial charge on any atom is 0.407 e. The summed E-state index contributed by atoms with van der Waals surface area (Å²) in [4.78, 5) is 44.5. The zero-order valence-electron chi connectivity index (χ0n) is 26.0. The fourth-order valence-corrected chi connectivity index (χ4v) is 5.60. The minimum atomic E-state index is -0.868. The number of carbonyl (C=O) groups excluding carboxylic acids is 1. The number of H-pyrrole nitrogens is 1. The highest BCUT2D eigenvalue weighted by molar-refractivity contribution is 5.94. The quantitative estimate of drug-likeness (QED) is 0.224. The van der Waals surface area contributed by atoms with Gasteiger partial charge in [0.2, 0.25) is 5.89 Å². The molecule has 1 aliphatic rings. The number of hydrogen-bond acceptors (Lipinski definition) is 8. The largest absolute Gasteiger partial charge is 0.465 e. The van der Waals surface area contributed by atoms with Crippen LogP contribution in [-0.2, 0) is 5.41 Å². The van der Waals surface area contributed by atoms with Crippen molar-refractivity contribution in [3.8, 4) is 22.5 Å². The van der Waals surface area contributed by atoms with Crippen LogP contribution in [0.5, 0.6) is 0 Å². The zero-order chi connectivity index (χ0) is 31.9. The summed E-state index contributed by atoms with van der Waals surface area (Å²) < 4.78 is 5.27. The summed E-state index contributed by atoms with van der Waals surface area (Å²) in [5.41, 5.74) is 7.12. The molecule has 12 nitrogen and oxygen atoms in total. The lowest BCUT2D eigenvalue weighted by molar-refractivity contribution is 0.0926. The summed E-state index contributed by atoms with van der Waals surface area (Å²) in [5, 5.41) is 17.0. The van der Waals surface area contributed by atoms with E-state index in [0.29, 0.717) is 32.1 Å². The fraction of sp³-hybridized carbons (Fsp3) is 0.333. The van der Waals surface area contributed by atoms with E-state index in [4.69, 9.17) is 4.52 Å². The molecule has 6 rings (SSSR count). The second-order valence-corrected chi connectivity index (χ2v) is 12.4. The van der Waals surface area contributed by atoms with Crippen LogP contribution in [0.2, 0.25) is 0 Å². The van der Waals surface area contributed by atoms with Crippen molar-refractivity contribution in [1.29, 1.82) is 0 Å². The highest BCUT2D eigenvalue weighted by Gasteiger charge is 2.25. The van der Waals surface area contributed by atoms with Gasteiger partial charge in [-0.1, -0.05) is 50.2 Å². The number of benzene rings is 2. The third kappa shape index (κ3) is 6.08. The van der Waals surface area contributed by atoms with E-state index in [1.54, 1.807) is 6.33 Å². The SMILES string of the molecule is Cc1cc(-c2ncnc3[nH]c(-c4ccc(N5CCN(C(=O)O)CC5)cc4)cc23)ccc1[C@@H](C)NC(=O)c1noc(C(C)(C)C)n1. The number of piperazine rings is 1. The Balaban J connectivity index is 1.18. The number of aromatic nitrogens is 5. The summed E-state index contributed by atoms with van der Waals surface area (Å²) in [6.07, 6.45) is 0.688. The van der Waals surface area contributed by atoms with Crippen molar-refractivity contribution in [2.24, 2.45) is 0 Å². The van der Waals surface area contributed by atoms with Gasteiger partial charge in [-0.15, -0.1) is 0 Å². The Morgan fingerprint density at radius 1 is 1.00 bits per heavy atom. The Morgan fingerprint density at radius 2 is 1.71 bits per heavy atom. The minimum Gasteiger partial charge on any atom is -0.465 e. The number of amides is 2. The summed E-state index contributed by atoms with van der Waals surface area (Å²) >= 11 is 0. The molecular formula is C33H36N8O4. The Labute approximate surface area is 260 Å². The van der Waals surface area contributed by atoms with Crippen LogP contribution in [0.25, 0.3) is 33.5 Å². The highest BCUT2D eigenvalue weighted by Crippen LogP contribution is 2.32. The molecule has 232 valence electrons. The number of carboxylic acid groups (broad SMARTS) is 1. The first-order valence-corrected chi connectivity index (χ1v) is 14.9.